The molecule has 0 radical (unpaired) electrons. The van der Waals surface area contributed by atoms with Crippen LogP contribution in [0.1, 0.15) is 52.1 Å². The second kappa shape index (κ2) is 8.50. The van der Waals surface area contributed by atoms with Crippen molar-refractivity contribution in [1.82, 2.24) is 20.3 Å². The Morgan fingerprint density at radius 2 is 2.00 bits per heavy atom. The molecule has 0 aliphatic heterocycles. The molecule has 2 atom stereocenters. The van der Waals surface area contributed by atoms with Crippen molar-refractivity contribution in [2.24, 2.45) is 5.92 Å². The van der Waals surface area contributed by atoms with E-state index >= 15 is 0 Å². The summed E-state index contributed by atoms with van der Waals surface area (Å²) in [6.45, 7) is 7.50. The van der Waals surface area contributed by atoms with Crippen molar-refractivity contribution in [2.75, 3.05) is 10.6 Å². The van der Waals surface area contributed by atoms with E-state index in [1.165, 1.54) is 6.92 Å². The maximum absolute atomic E-state index is 12.7. The Morgan fingerprint density at radius 1 is 1.21 bits per heavy atom. The summed E-state index contributed by atoms with van der Waals surface area (Å²) in [4.78, 5) is 37.4. The van der Waals surface area contributed by atoms with Gasteiger partial charge in [-0.25, -0.2) is 15.0 Å². The number of fused-ring (bicyclic) bond motifs is 1. The standard InChI is InChI=1S/C20H28N6O2/c1-11(2)22-18-17-15(8-12(3)23-18)10-21-20(25-17)26-19(28)14-6-5-7-16(9-14)24-13(4)27/h8,10-11,14,16H,5-7,9H2,1-4H3,(H,22,23)(H,24,27)(H,21,25,26,28)/t14-,16+/m0/s1. The molecule has 150 valence electrons. The van der Waals surface area contributed by atoms with E-state index in [1.807, 2.05) is 26.8 Å². The number of aryl methyl sites for hydroxylation is 1. The van der Waals surface area contributed by atoms with Gasteiger partial charge < -0.3 is 10.6 Å². The Balaban J connectivity index is 1.77. The molecule has 28 heavy (non-hydrogen) atoms. The number of anilines is 2. The first-order chi connectivity index (χ1) is 13.3. The number of hydrogen-bond donors (Lipinski definition) is 3. The van der Waals surface area contributed by atoms with E-state index in [0.29, 0.717) is 17.8 Å². The highest BCUT2D eigenvalue weighted by Crippen LogP contribution is 2.26. The van der Waals surface area contributed by atoms with Gasteiger partial charge in [0.25, 0.3) is 0 Å². The van der Waals surface area contributed by atoms with E-state index in [9.17, 15) is 9.59 Å². The van der Waals surface area contributed by atoms with E-state index < -0.39 is 0 Å². The molecule has 3 N–H and O–H groups in total. The van der Waals surface area contributed by atoms with Gasteiger partial charge in [-0.15, -0.1) is 0 Å². The van der Waals surface area contributed by atoms with Crippen LogP contribution < -0.4 is 16.0 Å². The number of rotatable bonds is 5. The highest BCUT2D eigenvalue weighted by atomic mass is 16.2. The fourth-order valence-corrected chi connectivity index (χ4v) is 3.67. The fourth-order valence-electron chi connectivity index (χ4n) is 3.67. The fraction of sp³-hybridized carbons (Fsp3) is 0.550. The number of aromatic nitrogens is 3. The molecule has 2 aromatic heterocycles. The summed E-state index contributed by atoms with van der Waals surface area (Å²) in [6, 6.07) is 2.18. The summed E-state index contributed by atoms with van der Waals surface area (Å²) in [5, 5.41) is 9.94. The third-order valence-corrected chi connectivity index (χ3v) is 4.81. The summed E-state index contributed by atoms with van der Waals surface area (Å²) >= 11 is 0. The second-order valence-electron chi connectivity index (χ2n) is 7.79. The minimum absolute atomic E-state index is 0.0496. The van der Waals surface area contributed by atoms with Crippen LogP contribution >= 0.6 is 0 Å². The Morgan fingerprint density at radius 3 is 2.71 bits per heavy atom. The molecule has 1 aliphatic rings. The topological polar surface area (TPSA) is 109 Å². The van der Waals surface area contributed by atoms with Crippen LogP contribution in [0.3, 0.4) is 0 Å². The van der Waals surface area contributed by atoms with Gasteiger partial charge in [0.1, 0.15) is 5.52 Å². The molecule has 8 nitrogen and oxygen atoms in total. The van der Waals surface area contributed by atoms with Gasteiger partial charge in [-0.3, -0.25) is 14.9 Å². The van der Waals surface area contributed by atoms with Crippen molar-refractivity contribution in [3.63, 3.8) is 0 Å². The van der Waals surface area contributed by atoms with Gasteiger partial charge >= 0.3 is 0 Å². The zero-order valence-corrected chi connectivity index (χ0v) is 16.9. The van der Waals surface area contributed by atoms with Crippen LogP contribution in [0.15, 0.2) is 12.3 Å². The quantitative estimate of drug-likeness (QED) is 0.731. The lowest BCUT2D eigenvalue weighted by atomic mass is 9.85. The molecule has 0 saturated heterocycles. The normalized spacial score (nSPS) is 19.5. The molecule has 2 heterocycles. The Bertz CT molecular complexity index is 882. The summed E-state index contributed by atoms with van der Waals surface area (Å²) in [5.74, 6) is 0.641. The van der Waals surface area contributed by atoms with Gasteiger partial charge in [-0.05, 0) is 46.1 Å². The molecule has 2 aromatic rings. The van der Waals surface area contributed by atoms with Crippen molar-refractivity contribution in [3.8, 4) is 0 Å². The summed E-state index contributed by atoms with van der Waals surface area (Å²) in [5.41, 5.74) is 1.56. The molecule has 3 rings (SSSR count). The van der Waals surface area contributed by atoms with Crippen molar-refractivity contribution >= 4 is 34.5 Å². The van der Waals surface area contributed by atoms with Crippen molar-refractivity contribution in [1.29, 1.82) is 0 Å². The van der Waals surface area contributed by atoms with Crippen LogP contribution in [-0.2, 0) is 9.59 Å². The Labute approximate surface area is 164 Å². The van der Waals surface area contributed by atoms with Gasteiger partial charge in [0, 0.05) is 42.2 Å². The van der Waals surface area contributed by atoms with Crippen molar-refractivity contribution in [3.05, 3.63) is 18.0 Å². The zero-order chi connectivity index (χ0) is 20.3. The average Bonchev–Trinajstić information content (AvgIpc) is 2.61. The maximum atomic E-state index is 12.7. The number of amides is 2. The third kappa shape index (κ3) is 4.94. The largest absolute Gasteiger partial charge is 0.366 e. The highest BCUT2D eigenvalue weighted by Gasteiger charge is 2.28. The van der Waals surface area contributed by atoms with Gasteiger partial charge in [0.2, 0.25) is 17.8 Å². The smallest absolute Gasteiger partial charge is 0.230 e. The van der Waals surface area contributed by atoms with E-state index in [4.69, 9.17) is 0 Å². The van der Waals surface area contributed by atoms with E-state index in [0.717, 1.165) is 30.3 Å². The van der Waals surface area contributed by atoms with Gasteiger partial charge in [0.15, 0.2) is 5.82 Å². The minimum Gasteiger partial charge on any atom is -0.366 e. The predicted molar refractivity (Wildman–Crippen MR) is 109 cm³/mol. The number of hydrogen-bond acceptors (Lipinski definition) is 6. The maximum Gasteiger partial charge on any atom is 0.230 e. The number of carbonyl (C=O) groups excluding carboxylic acids is 2. The van der Waals surface area contributed by atoms with Crippen molar-refractivity contribution < 1.29 is 9.59 Å². The molecule has 0 aromatic carbocycles. The number of nitrogens with zero attached hydrogens (tertiary/aromatic N) is 3. The van der Waals surface area contributed by atoms with E-state index in [2.05, 4.69) is 30.9 Å². The molecular formula is C20H28N6O2. The lowest BCUT2D eigenvalue weighted by Crippen LogP contribution is -2.40. The lowest BCUT2D eigenvalue weighted by Gasteiger charge is -2.28. The third-order valence-electron chi connectivity index (χ3n) is 4.81. The Hall–Kier alpha value is -2.77. The first kappa shape index (κ1) is 20.0. The van der Waals surface area contributed by atoms with Crippen LogP contribution in [0.5, 0.6) is 0 Å². The van der Waals surface area contributed by atoms with Crippen molar-refractivity contribution in [2.45, 2.75) is 65.5 Å². The minimum atomic E-state index is -0.158. The lowest BCUT2D eigenvalue weighted by molar-refractivity contribution is -0.123. The van der Waals surface area contributed by atoms with Crippen LogP contribution in [0.25, 0.3) is 10.9 Å². The molecule has 2 amide bonds. The number of carbonyl (C=O) groups is 2. The summed E-state index contributed by atoms with van der Waals surface area (Å²) < 4.78 is 0. The number of nitrogens with one attached hydrogen (secondary N) is 3. The van der Waals surface area contributed by atoms with E-state index in [-0.39, 0.29) is 35.8 Å². The van der Waals surface area contributed by atoms with Crippen LogP contribution in [0.4, 0.5) is 11.8 Å². The van der Waals surface area contributed by atoms with Gasteiger partial charge in [-0.1, -0.05) is 6.42 Å². The molecule has 0 bridgehead atoms. The molecule has 1 saturated carbocycles. The summed E-state index contributed by atoms with van der Waals surface area (Å²) in [6.07, 6.45) is 4.97. The second-order valence-corrected chi connectivity index (χ2v) is 7.79. The van der Waals surface area contributed by atoms with Crippen LogP contribution in [0.2, 0.25) is 0 Å². The molecule has 8 heteroatoms. The molecule has 0 spiro atoms. The average molecular weight is 384 g/mol. The van der Waals surface area contributed by atoms with Gasteiger partial charge in [0.05, 0.1) is 0 Å². The molecular weight excluding hydrogens is 356 g/mol. The van der Waals surface area contributed by atoms with E-state index in [1.54, 1.807) is 6.20 Å². The van der Waals surface area contributed by atoms with Crippen LogP contribution in [0, 0.1) is 12.8 Å². The zero-order valence-electron chi connectivity index (χ0n) is 16.9. The van der Waals surface area contributed by atoms with Crippen LogP contribution in [-0.4, -0.2) is 38.8 Å². The first-order valence-corrected chi connectivity index (χ1v) is 9.80. The SMILES string of the molecule is CC(=O)N[C@@H]1CCC[C@H](C(=O)Nc2ncc3cc(C)nc(NC(C)C)c3n2)C1. The first-order valence-electron chi connectivity index (χ1n) is 9.80. The monoisotopic (exact) mass is 384 g/mol. The summed E-state index contributed by atoms with van der Waals surface area (Å²) in [7, 11) is 0. The Kier molecular flexibility index (Phi) is 6.06. The highest BCUT2D eigenvalue weighted by molar-refractivity contribution is 5.93. The van der Waals surface area contributed by atoms with Gasteiger partial charge in [-0.2, -0.15) is 0 Å². The molecule has 1 fully saturated rings. The molecule has 0 unspecified atom stereocenters. The molecule has 1 aliphatic carbocycles. The number of pyridine rings is 1. The predicted octanol–water partition coefficient (Wildman–Crippen LogP) is 2.79.